The van der Waals surface area contributed by atoms with E-state index in [1.54, 1.807) is 72.7 Å². The highest BCUT2D eigenvalue weighted by Gasteiger charge is 2.73. The normalized spacial score (nSPS) is 33.6. The lowest BCUT2D eigenvalue weighted by atomic mass is 9.31. The Hall–Kier alpha value is -4.50. The first-order valence-electron chi connectivity index (χ1n) is 27.7. The van der Waals surface area contributed by atoms with E-state index in [0.717, 1.165) is 68.9 Å². The molecular formula is C59H92N6O9. The van der Waals surface area contributed by atoms with Crippen molar-refractivity contribution in [3.8, 4) is 11.5 Å². The fourth-order valence-electron chi connectivity index (χ4n) is 16.3. The van der Waals surface area contributed by atoms with Crippen LogP contribution in [0.1, 0.15) is 179 Å². The Kier molecular flexibility index (Phi) is 15.6. The molecule has 1 aromatic carbocycles. The van der Waals surface area contributed by atoms with Gasteiger partial charge in [0.2, 0.25) is 5.91 Å². The summed E-state index contributed by atoms with van der Waals surface area (Å²) in [4.78, 5) is 57.9. The standard InChI is InChI=1S/C59H92N6O9/c1-18-36(4)47(61-51(70)74-52(6,7)8)48(66)65(49(67)54(11,12)60-32-38-19-20-39(72-16)31-42(38)73-17)37(5)33-64-34-45(62-63-64)59(71)30-27-55(13)43(53(59,9)10)24-25-57(15)44(55)22-21-41-46-40(35(2)3)23-26-58(46,50(68)69)29-28-56(41,57)14/h19-20,31,34,36-37,40-41,43-44,46-47,60,71H,2,18,21-30,32-33H2,1,3-17H3,(H,61,70)(H,68,69)/t36-,37-,40-,41+,43-,44+,46+,47-,55-,56+,57+,58-,59+/m0/s1. The second-order valence-corrected chi connectivity index (χ2v) is 26.6. The average molecular weight is 1030 g/mol. The molecule has 15 heteroatoms. The smallest absolute Gasteiger partial charge is 0.408 e. The van der Waals surface area contributed by atoms with Crippen LogP contribution in [0, 0.1) is 62.6 Å². The first kappa shape index (κ1) is 57.2. The van der Waals surface area contributed by atoms with Crippen LogP contribution in [0.2, 0.25) is 0 Å². The summed E-state index contributed by atoms with van der Waals surface area (Å²) in [7, 11) is 3.15. The summed E-state index contributed by atoms with van der Waals surface area (Å²) in [5.74, 6) is 0.374. The van der Waals surface area contributed by atoms with E-state index in [4.69, 9.17) is 19.3 Å². The Morgan fingerprint density at radius 2 is 1.59 bits per heavy atom. The third kappa shape index (κ3) is 9.47. The molecule has 0 unspecified atom stereocenters. The molecule has 13 atom stereocenters. The lowest BCUT2D eigenvalue weighted by Crippen LogP contribution is -2.68. The van der Waals surface area contributed by atoms with Crippen LogP contribution < -0.4 is 20.1 Å². The Labute approximate surface area is 442 Å². The third-order valence-electron chi connectivity index (χ3n) is 20.9. The number of carbonyl (C=O) groups excluding carboxylic acids is 3. The van der Waals surface area contributed by atoms with Gasteiger partial charge in [0.15, 0.2) is 0 Å². The maximum Gasteiger partial charge on any atom is 0.408 e. The number of imide groups is 1. The maximum absolute atomic E-state index is 15.1. The number of alkyl carbamates (subject to hydrolysis) is 1. The number of hydrogen-bond acceptors (Lipinski definition) is 11. The second kappa shape index (κ2) is 20.1. The summed E-state index contributed by atoms with van der Waals surface area (Å²) in [6.45, 7) is 33.1. The van der Waals surface area contributed by atoms with Gasteiger partial charge in [-0.3, -0.25) is 29.3 Å². The number of benzene rings is 1. The van der Waals surface area contributed by atoms with Gasteiger partial charge in [-0.1, -0.05) is 78.3 Å². The van der Waals surface area contributed by atoms with Gasteiger partial charge in [-0.15, -0.1) is 5.10 Å². The van der Waals surface area contributed by atoms with E-state index >= 15 is 9.59 Å². The highest BCUT2D eigenvalue weighted by molar-refractivity contribution is 6.03. The molecule has 7 rings (SSSR count). The first-order chi connectivity index (χ1) is 34.3. The molecule has 0 saturated heterocycles. The molecule has 0 spiro atoms. The molecule has 0 aliphatic heterocycles. The fourth-order valence-corrected chi connectivity index (χ4v) is 16.3. The molecule has 1 heterocycles. The number of nitrogens with one attached hydrogen (secondary N) is 2. The predicted octanol–water partition coefficient (Wildman–Crippen LogP) is 10.5. The summed E-state index contributed by atoms with van der Waals surface area (Å²) in [6.07, 6.45) is 10.2. The van der Waals surface area contributed by atoms with Crippen LogP contribution in [0.3, 0.4) is 0 Å². The number of carbonyl (C=O) groups is 4. The number of aliphatic carboxylic acids is 1. The van der Waals surface area contributed by atoms with E-state index in [9.17, 15) is 19.8 Å². The third-order valence-corrected chi connectivity index (χ3v) is 20.9. The van der Waals surface area contributed by atoms with E-state index in [1.165, 1.54) is 4.90 Å². The molecule has 2 aromatic rings. The number of carboxylic acids is 1. The molecule has 1 aromatic heterocycles. The van der Waals surface area contributed by atoms with Crippen molar-refractivity contribution in [1.82, 2.24) is 30.5 Å². The van der Waals surface area contributed by atoms with Crippen molar-refractivity contribution >= 4 is 23.9 Å². The minimum absolute atomic E-state index is 0.00256. The summed E-state index contributed by atoms with van der Waals surface area (Å²) in [5.41, 5.74) is -2.43. The van der Waals surface area contributed by atoms with Crippen LogP contribution in [0.15, 0.2) is 36.5 Å². The molecule has 3 amide bonds. The fraction of sp³-hybridized carbons (Fsp3) is 0.763. The number of nitrogens with zero attached hydrogens (tertiary/aromatic N) is 4. The maximum atomic E-state index is 15.1. The number of hydrogen-bond donors (Lipinski definition) is 4. The van der Waals surface area contributed by atoms with Gasteiger partial charge in [-0.25, -0.2) is 4.79 Å². The number of aliphatic hydroxyl groups is 1. The minimum atomic E-state index is -1.32. The Bertz CT molecular complexity index is 2460. The van der Waals surface area contributed by atoms with Crippen LogP contribution in [0.25, 0.3) is 0 Å². The van der Waals surface area contributed by atoms with Crippen LogP contribution >= 0.6 is 0 Å². The topological polar surface area (TPSA) is 194 Å². The molecule has 5 fully saturated rings. The largest absolute Gasteiger partial charge is 0.497 e. The molecule has 4 N–H and O–H groups in total. The van der Waals surface area contributed by atoms with E-state index in [2.05, 4.69) is 64.0 Å². The highest BCUT2D eigenvalue weighted by atomic mass is 16.6. The summed E-state index contributed by atoms with van der Waals surface area (Å²) in [6, 6.07) is 3.57. The van der Waals surface area contributed by atoms with Crippen molar-refractivity contribution in [3.05, 3.63) is 47.8 Å². The minimum Gasteiger partial charge on any atom is -0.497 e. The molecular weight excluding hydrogens is 937 g/mol. The second-order valence-electron chi connectivity index (χ2n) is 26.6. The molecule has 5 aliphatic carbocycles. The van der Waals surface area contributed by atoms with Crippen molar-refractivity contribution in [2.75, 3.05) is 14.2 Å². The Morgan fingerprint density at radius 1 is 0.905 bits per heavy atom. The SMILES string of the molecule is C=C(C)[C@@H]1CC[C@]2(C(=O)O)CC[C@]3(C)[C@H](CC[C@@H]4[C@@]5(C)CC[C@@](O)(c6cn(C[C@H](C)N(C(=O)[C@@H](NC(=O)OC(C)(C)C)[C@@H](C)CC)C(=O)C(C)(C)NCc7ccc(OC)cc7OC)nn6)C(C)(C)[C@@H]5CC[C@]43C)[C@@H]12. The molecule has 0 bridgehead atoms. The summed E-state index contributed by atoms with van der Waals surface area (Å²) < 4.78 is 18.3. The summed E-state index contributed by atoms with van der Waals surface area (Å²) >= 11 is 0. The number of ether oxygens (including phenoxy) is 3. The number of amides is 3. The average Bonchev–Trinajstić information content (AvgIpc) is 3.97. The molecule has 5 aliphatic rings. The summed E-state index contributed by atoms with van der Waals surface area (Å²) in [5, 5.41) is 39.5. The van der Waals surface area contributed by atoms with Crippen molar-refractivity contribution in [1.29, 1.82) is 0 Å². The van der Waals surface area contributed by atoms with E-state index in [1.807, 2.05) is 26.0 Å². The quantitative estimate of drug-likeness (QED) is 0.116. The van der Waals surface area contributed by atoms with Crippen molar-refractivity contribution in [3.63, 3.8) is 0 Å². The van der Waals surface area contributed by atoms with Gasteiger partial charge in [0.25, 0.3) is 5.91 Å². The van der Waals surface area contributed by atoms with Gasteiger partial charge in [0.1, 0.15) is 34.4 Å². The van der Waals surface area contributed by atoms with Crippen LogP contribution in [0.5, 0.6) is 11.5 Å². The van der Waals surface area contributed by atoms with Gasteiger partial charge in [0, 0.05) is 23.6 Å². The predicted molar refractivity (Wildman–Crippen MR) is 285 cm³/mol. The molecule has 5 saturated carbocycles. The van der Waals surface area contributed by atoms with E-state index in [0.29, 0.717) is 41.9 Å². The highest BCUT2D eigenvalue weighted by Crippen LogP contribution is 2.78. The number of carboxylic acid groups (broad SMARTS) is 1. The van der Waals surface area contributed by atoms with E-state index < -0.39 is 63.5 Å². The van der Waals surface area contributed by atoms with Crippen LogP contribution in [0.4, 0.5) is 4.79 Å². The number of fused-ring (bicyclic) bond motifs is 7. The number of methoxy groups -OCH3 is 2. The lowest BCUT2D eigenvalue weighted by molar-refractivity contribution is -0.268. The first-order valence-corrected chi connectivity index (χ1v) is 27.7. The number of allylic oxidation sites excluding steroid dienone is 1. The molecule has 412 valence electrons. The van der Waals surface area contributed by atoms with Crippen molar-refractivity contribution < 1.29 is 43.6 Å². The zero-order valence-corrected chi connectivity index (χ0v) is 47.9. The Morgan fingerprint density at radius 3 is 2.20 bits per heavy atom. The lowest BCUT2D eigenvalue weighted by Gasteiger charge is -2.73. The van der Waals surface area contributed by atoms with Gasteiger partial charge in [-0.2, -0.15) is 0 Å². The van der Waals surface area contributed by atoms with Gasteiger partial charge < -0.3 is 29.7 Å². The molecule has 15 nitrogen and oxygen atoms in total. The van der Waals surface area contributed by atoms with Gasteiger partial charge in [-0.05, 0) is 170 Å². The monoisotopic (exact) mass is 1030 g/mol. The van der Waals surface area contributed by atoms with Crippen molar-refractivity contribution in [2.45, 2.75) is 209 Å². The zero-order valence-electron chi connectivity index (χ0n) is 47.9. The number of aromatic nitrogens is 3. The van der Waals surface area contributed by atoms with E-state index in [-0.39, 0.29) is 53.0 Å². The number of rotatable bonds is 16. The zero-order chi connectivity index (χ0) is 54.9. The molecule has 74 heavy (non-hydrogen) atoms. The van der Waals surface area contributed by atoms with Crippen LogP contribution in [-0.4, -0.2) is 91.4 Å². The molecule has 0 radical (unpaired) electrons. The van der Waals surface area contributed by atoms with Gasteiger partial charge in [0.05, 0.1) is 44.0 Å². The van der Waals surface area contributed by atoms with Crippen LogP contribution in [-0.2, 0) is 37.8 Å². The van der Waals surface area contributed by atoms with Gasteiger partial charge >= 0.3 is 12.1 Å². The Balaban J connectivity index is 1.15. The van der Waals surface area contributed by atoms with Crippen molar-refractivity contribution in [2.24, 2.45) is 62.6 Å².